The van der Waals surface area contributed by atoms with Gasteiger partial charge in [0.1, 0.15) is 5.82 Å². The van der Waals surface area contributed by atoms with Gasteiger partial charge in [0, 0.05) is 18.2 Å². The summed E-state index contributed by atoms with van der Waals surface area (Å²) >= 11 is 0. The molecule has 0 unspecified atom stereocenters. The fourth-order valence-corrected chi connectivity index (χ4v) is 2.39. The van der Waals surface area contributed by atoms with E-state index < -0.39 is 11.6 Å². The molecule has 2 rings (SSSR count). The fraction of sp³-hybridized carbons (Fsp3) is 0.538. The maximum Gasteiger partial charge on any atom is 0.168 e. The first-order chi connectivity index (χ1) is 8.70. The van der Waals surface area contributed by atoms with Gasteiger partial charge in [-0.05, 0) is 24.8 Å². The molecular weight excluding hydrogens is 238 g/mol. The van der Waals surface area contributed by atoms with Gasteiger partial charge in [0.15, 0.2) is 11.6 Å². The summed E-state index contributed by atoms with van der Waals surface area (Å²) in [6.07, 6.45) is 4.65. The van der Waals surface area contributed by atoms with E-state index in [2.05, 4.69) is 5.43 Å². The minimum atomic E-state index is -0.668. The maximum absolute atomic E-state index is 13.7. The zero-order valence-corrected chi connectivity index (χ0v) is 10.2. The lowest BCUT2D eigenvalue weighted by molar-refractivity contribution is 0.238. The monoisotopic (exact) mass is 256 g/mol. The zero-order chi connectivity index (χ0) is 13.0. The largest absolute Gasteiger partial charge is 0.490 e. The molecule has 18 heavy (non-hydrogen) atoms. The van der Waals surface area contributed by atoms with Gasteiger partial charge in [0.2, 0.25) is 0 Å². The Morgan fingerprint density at radius 3 is 2.67 bits per heavy atom. The van der Waals surface area contributed by atoms with Crippen molar-refractivity contribution in [3.05, 3.63) is 29.3 Å². The molecule has 0 radical (unpaired) electrons. The summed E-state index contributed by atoms with van der Waals surface area (Å²) in [6.45, 7) is 0.662. The van der Waals surface area contributed by atoms with Gasteiger partial charge in [-0.1, -0.05) is 12.8 Å². The number of hydrogen-bond donors (Lipinski definition) is 2. The molecule has 1 aliphatic carbocycles. The number of hydrogen-bond acceptors (Lipinski definition) is 3. The van der Waals surface area contributed by atoms with E-state index in [0.29, 0.717) is 18.1 Å². The van der Waals surface area contributed by atoms with Crippen LogP contribution in [0, 0.1) is 17.6 Å². The summed E-state index contributed by atoms with van der Waals surface area (Å²) in [7, 11) is 0. The Morgan fingerprint density at radius 2 is 2.00 bits per heavy atom. The molecule has 1 saturated carbocycles. The predicted molar refractivity (Wildman–Crippen MR) is 64.8 cm³/mol. The molecule has 5 heteroatoms. The average molecular weight is 256 g/mol. The van der Waals surface area contributed by atoms with E-state index in [9.17, 15) is 8.78 Å². The number of benzene rings is 1. The molecule has 0 atom stereocenters. The van der Waals surface area contributed by atoms with Crippen LogP contribution in [0.1, 0.15) is 31.2 Å². The lowest BCUT2D eigenvalue weighted by Crippen LogP contribution is -2.22. The van der Waals surface area contributed by atoms with Crippen molar-refractivity contribution >= 4 is 0 Å². The van der Waals surface area contributed by atoms with Gasteiger partial charge in [-0.2, -0.15) is 0 Å². The van der Waals surface area contributed by atoms with Crippen molar-refractivity contribution in [3.63, 3.8) is 0 Å². The molecule has 1 aromatic rings. The molecule has 0 spiro atoms. The number of rotatable bonds is 5. The van der Waals surface area contributed by atoms with Crippen LogP contribution in [0.15, 0.2) is 12.1 Å². The van der Waals surface area contributed by atoms with Gasteiger partial charge in [-0.25, -0.2) is 8.78 Å². The Morgan fingerprint density at radius 1 is 1.28 bits per heavy atom. The number of nitrogens with two attached hydrogens (primary N) is 1. The summed E-state index contributed by atoms with van der Waals surface area (Å²) in [5.74, 6) is 4.50. The number of halogens is 2. The van der Waals surface area contributed by atoms with Gasteiger partial charge >= 0.3 is 0 Å². The van der Waals surface area contributed by atoms with Crippen LogP contribution in [0.25, 0.3) is 0 Å². The minimum Gasteiger partial charge on any atom is -0.490 e. The summed E-state index contributed by atoms with van der Waals surface area (Å²) in [5, 5.41) is 0. The molecule has 3 N–H and O–H groups in total. The highest BCUT2D eigenvalue weighted by atomic mass is 19.1. The minimum absolute atomic E-state index is 0.112. The molecule has 0 amide bonds. The van der Waals surface area contributed by atoms with Crippen LogP contribution < -0.4 is 16.0 Å². The van der Waals surface area contributed by atoms with Crippen LogP contribution in [0.4, 0.5) is 8.78 Å². The van der Waals surface area contributed by atoms with Crippen LogP contribution in [-0.2, 0) is 6.54 Å². The Bertz CT molecular complexity index is 406. The second kappa shape index (κ2) is 6.11. The second-order valence-corrected chi connectivity index (χ2v) is 4.72. The summed E-state index contributed by atoms with van der Waals surface area (Å²) in [5.41, 5.74) is 2.80. The molecule has 0 heterocycles. The second-order valence-electron chi connectivity index (χ2n) is 4.72. The summed E-state index contributed by atoms with van der Waals surface area (Å²) in [6, 6.07) is 2.08. The lowest BCUT2D eigenvalue weighted by Gasteiger charge is -2.15. The first-order valence-electron chi connectivity index (χ1n) is 6.25. The highest BCUT2D eigenvalue weighted by Gasteiger charge is 2.18. The van der Waals surface area contributed by atoms with Crippen molar-refractivity contribution in [2.45, 2.75) is 32.2 Å². The Kier molecular flexibility index (Phi) is 4.49. The van der Waals surface area contributed by atoms with Crippen molar-refractivity contribution in [2.75, 3.05) is 6.61 Å². The van der Waals surface area contributed by atoms with Crippen LogP contribution >= 0.6 is 0 Å². The van der Waals surface area contributed by atoms with Gasteiger partial charge in [0.05, 0.1) is 6.61 Å². The Balaban J connectivity index is 2.09. The van der Waals surface area contributed by atoms with Gasteiger partial charge in [-0.15, -0.1) is 0 Å². The molecular formula is C13H18F2N2O. The summed E-state index contributed by atoms with van der Waals surface area (Å²) < 4.78 is 32.3. The topological polar surface area (TPSA) is 47.3 Å². The van der Waals surface area contributed by atoms with Crippen molar-refractivity contribution < 1.29 is 13.5 Å². The van der Waals surface area contributed by atoms with E-state index in [0.717, 1.165) is 18.9 Å². The molecule has 0 aliphatic heterocycles. The van der Waals surface area contributed by atoms with Crippen molar-refractivity contribution in [1.82, 2.24) is 5.43 Å². The highest BCUT2D eigenvalue weighted by molar-refractivity contribution is 5.35. The molecule has 100 valence electrons. The van der Waals surface area contributed by atoms with Gasteiger partial charge < -0.3 is 4.74 Å². The molecule has 0 aromatic heterocycles. The molecule has 1 aliphatic rings. The highest BCUT2D eigenvalue weighted by Crippen LogP contribution is 2.28. The normalized spacial score (nSPS) is 16.2. The predicted octanol–water partition coefficient (Wildman–Crippen LogP) is 2.50. The SMILES string of the molecule is NNCc1cc(F)cc(F)c1OCC1CCCC1. The van der Waals surface area contributed by atoms with Crippen molar-refractivity contribution in [3.8, 4) is 5.75 Å². The standard InChI is InChI=1S/C13H18F2N2O/c14-11-5-10(7-17-16)13(12(15)6-11)18-8-9-3-1-2-4-9/h5-6,9,17H,1-4,7-8,16H2. The quantitative estimate of drug-likeness (QED) is 0.628. The third kappa shape index (κ3) is 3.17. The smallest absolute Gasteiger partial charge is 0.168 e. The van der Waals surface area contributed by atoms with Gasteiger partial charge in [-0.3, -0.25) is 11.3 Å². The number of nitrogens with one attached hydrogen (secondary N) is 1. The van der Waals surface area contributed by atoms with E-state index in [1.165, 1.54) is 18.9 Å². The van der Waals surface area contributed by atoms with Crippen LogP contribution in [0.2, 0.25) is 0 Å². The first-order valence-corrected chi connectivity index (χ1v) is 6.25. The maximum atomic E-state index is 13.7. The van der Waals surface area contributed by atoms with E-state index in [1.807, 2.05) is 0 Å². The summed E-state index contributed by atoms with van der Waals surface area (Å²) in [4.78, 5) is 0. The molecule has 3 nitrogen and oxygen atoms in total. The third-order valence-corrected chi connectivity index (χ3v) is 3.32. The first kappa shape index (κ1) is 13.2. The van der Waals surface area contributed by atoms with E-state index in [1.54, 1.807) is 0 Å². The zero-order valence-electron chi connectivity index (χ0n) is 10.2. The van der Waals surface area contributed by atoms with E-state index >= 15 is 0 Å². The third-order valence-electron chi connectivity index (χ3n) is 3.32. The Hall–Kier alpha value is -1.20. The van der Waals surface area contributed by atoms with Crippen molar-refractivity contribution in [1.29, 1.82) is 0 Å². The molecule has 1 fully saturated rings. The van der Waals surface area contributed by atoms with E-state index in [-0.39, 0.29) is 12.3 Å². The average Bonchev–Trinajstić information content (AvgIpc) is 2.81. The van der Waals surface area contributed by atoms with Crippen LogP contribution in [0.5, 0.6) is 5.75 Å². The molecule has 1 aromatic carbocycles. The van der Waals surface area contributed by atoms with Gasteiger partial charge in [0.25, 0.3) is 0 Å². The number of ether oxygens (including phenoxy) is 1. The van der Waals surface area contributed by atoms with Crippen molar-refractivity contribution in [2.24, 2.45) is 11.8 Å². The number of hydrazine groups is 1. The lowest BCUT2D eigenvalue weighted by atomic mass is 10.1. The molecule has 0 saturated heterocycles. The van der Waals surface area contributed by atoms with E-state index in [4.69, 9.17) is 10.6 Å². The fourth-order valence-electron chi connectivity index (χ4n) is 2.39. The van der Waals surface area contributed by atoms with Crippen LogP contribution in [-0.4, -0.2) is 6.61 Å². The molecule has 0 bridgehead atoms. The van der Waals surface area contributed by atoms with Crippen LogP contribution in [0.3, 0.4) is 0 Å². The Labute approximate surface area is 105 Å².